The van der Waals surface area contributed by atoms with E-state index in [2.05, 4.69) is 26.6 Å². The predicted octanol–water partition coefficient (Wildman–Crippen LogP) is 1.98. The van der Waals surface area contributed by atoms with Crippen LogP contribution in [0, 0.1) is 18.2 Å². The summed E-state index contributed by atoms with van der Waals surface area (Å²) in [5.41, 5.74) is -0.742. The molecule has 0 radical (unpaired) electrons. The smallest absolute Gasteiger partial charge is 0.338 e. The van der Waals surface area contributed by atoms with E-state index in [1.165, 1.54) is 0 Å². The van der Waals surface area contributed by atoms with Crippen molar-refractivity contribution in [3.8, 4) is 12.3 Å². The summed E-state index contributed by atoms with van der Waals surface area (Å²) >= 11 is 2.95. The van der Waals surface area contributed by atoms with E-state index in [0.717, 1.165) is 12.1 Å². The van der Waals surface area contributed by atoms with E-state index >= 15 is 0 Å². The van der Waals surface area contributed by atoms with Crippen LogP contribution < -0.4 is 4.72 Å². The third kappa shape index (κ3) is 3.56. The van der Waals surface area contributed by atoms with Crippen molar-refractivity contribution >= 4 is 31.9 Å². The number of aromatic carboxylic acids is 1. The molecule has 1 atom stereocenters. The zero-order valence-electron chi connectivity index (χ0n) is 10.4. The van der Waals surface area contributed by atoms with Gasteiger partial charge in [-0.25, -0.2) is 17.6 Å². The molecule has 1 rings (SSSR count). The Balaban J connectivity index is 3.40. The van der Waals surface area contributed by atoms with Gasteiger partial charge in [-0.15, -0.1) is 6.42 Å². The maximum absolute atomic E-state index is 14.0. The zero-order valence-corrected chi connectivity index (χ0v) is 12.8. The van der Waals surface area contributed by atoms with Crippen molar-refractivity contribution < 1.29 is 22.7 Å². The molecule has 1 aromatic carbocycles. The first kappa shape index (κ1) is 16.6. The molecule has 0 saturated heterocycles. The number of carbonyl (C=O) groups is 1. The monoisotopic (exact) mass is 363 g/mol. The van der Waals surface area contributed by atoms with Gasteiger partial charge in [-0.2, -0.15) is 4.72 Å². The molecule has 0 heterocycles. The molecule has 0 aliphatic carbocycles. The third-order valence-corrected chi connectivity index (χ3v) is 4.36. The van der Waals surface area contributed by atoms with Crippen LogP contribution in [0.2, 0.25) is 0 Å². The summed E-state index contributed by atoms with van der Waals surface area (Å²) in [6.07, 6.45) is 5.46. The molecule has 108 valence electrons. The average molecular weight is 364 g/mol. The number of sulfonamides is 1. The van der Waals surface area contributed by atoms with Crippen LogP contribution in [0.4, 0.5) is 4.39 Å². The number of carboxylic acids is 1. The minimum absolute atomic E-state index is 0.130. The summed E-state index contributed by atoms with van der Waals surface area (Å²) in [5.74, 6) is -0.690. The maximum Gasteiger partial charge on any atom is 0.338 e. The second-order valence-electron chi connectivity index (χ2n) is 3.82. The van der Waals surface area contributed by atoms with Crippen molar-refractivity contribution in [2.45, 2.75) is 24.3 Å². The van der Waals surface area contributed by atoms with Gasteiger partial charge in [0.25, 0.3) is 0 Å². The van der Waals surface area contributed by atoms with E-state index in [9.17, 15) is 17.6 Å². The van der Waals surface area contributed by atoms with Gasteiger partial charge in [-0.3, -0.25) is 0 Å². The Kier molecular flexibility index (Phi) is 5.28. The van der Waals surface area contributed by atoms with Crippen LogP contribution in [0.5, 0.6) is 0 Å². The fourth-order valence-corrected chi connectivity index (χ4v) is 3.37. The minimum atomic E-state index is -4.25. The molecular weight excluding hydrogens is 353 g/mol. The lowest BCUT2D eigenvalue weighted by atomic mass is 10.2. The van der Waals surface area contributed by atoms with E-state index in [1.54, 1.807) is 6.92 Å². The number of carboxylic acid groups (broad SMARTS) is 1. The van der Waals surface area contributed by atoms with Gasteiger partial charge < -0.3 is 5.11 Å². The molecule has 0 saturated carbocycles. The highest BCUT2D eigenvalue weighted by Crippen LogP contribution is 2.24. The van der Waals surface area contributed by atoms with Gasteiger partial charge >= 0.3 is 5.97 Å². The fraction of sp³-hybridized carbons (Fsp3) is 0.250. The number of nitrogens with one attached hydrogen (secondary N) is 1. The summed E-state index contributed by atoms with van der Waals surface area (Å²) in [6.45, 7) is 1.66. The average Bonchev–Trinajstić information content (AvgIpc) is 2.37. The number of halogens is 2. The molecule has 8 heteroatoms. The third-order valence-electron chi connectivity index (χ3n) is 2.43. The molecule has 0 bridgehead atoms. The molecule has 0 fully saturated rings. The summed E-state index contributed by atoms with van der Waals surface area (Å²) in [7, 11) is -4.25. The van der Waals surface area contributed by atoms with E-state index in [0.29, 0.717) is 6.42 Å². The number of hydrogen-bond acceptors (Lipinski definition) is 3. The topological polar surface area (TPSA) is 83.5 Å². The highest BCUT2D eigenvalue weighted by molar-refractivity contribution is 9.10. The molecule has 0 amide bonds. The van der Waals surface area contributed by atoms with Crippen LogP contribution in [-0.2, 0) is 10.0 Å². The maximum atomic E-state index is 14.0. The molecule has 0 aliphatic rings. The van der Waals surface area contributed by atoms with Crippen LogP contribution in [0.25, 0.3) is 0 Å². The first-order valence-electron chi connectivity index (χ1n) is 5.43. The Morgan fingerprint density at radius 3 is 2.65 bits per heavy atom. The van der Waals surface area contributed by atoms with Gasteiger partial charge in [0.1, 0.15) is 4.90 Å². The van der Waals surface area contributed by atoms with Crippen molar-refractivity contribution in [1.82, 2.24) is 4.72 Å². The van der Waals surface area contributed by atoms with Crippen molar-refractivity contribution in [2.24, 2.45) is 0 Å². The van der Waals surface area contributed by atoms with Gasteiger partial charge in [0.05, 0.1) is 11.6 Å². The van der Waals surface area contributed by atoms with Gasteiger partial charge in [0.15, 0.2) is 5.82 Å². The molecule has 2 N–H and O–H groups in total. The second kappa shape index (κ2) is 6.35. The van der Waals surface area contributed by atoms with E-state index in [1.807, 2.05) is 0 Å². The zero-order chi connectivity index (χ0) is 15.5. The summed E-state index contributed by atoms with van der Waals surface area (Å²) in [6, 6.07) is 1.16. The van der Waals surface area contributed by atoms with Crippen molar-refractivity contribution in [1.29, 1.82) is 0 Å². The van der Waals surface area contributed by atoms with Crippen molar-refractivity contribution in [3.05, 3.63) is 28.0 Å². The number of rotatable bonds is 5. The van der Waals surface area contributed by atoms with Gasteiger partial charge in [0, 0.05) is 4.47 Å². The minimum Gasteiger partial charge on any atom is -0.478 e. The molecule has 0 aromatic heterocycles. The lowest BCUT2D eigenvalue weighted by molar-refractivity contribution is 0.0691. The molecule has 0 aliphatic heterocycles. The Morgan fingerprint density at radius 1 is 1.60 bits per heavy atom. The van der Waals surface area contributed by atoms with Gasteiger partial charge in [-0.1, -0.05) is 28.8 Å². The second-order valence-corrected chi connectivity index (χ2v) is 6.42. The normalized spacial score (nSPS) is 12.7. The molecule has 0 spiro atoms. The van der Waals surface area contributed by atoms with Crippen LogP contribution in [-0.4, -0.2) is 25.5 Å². The molecule has 1 aromatic rings. The van der Waals surface area contributed by atoms with Crippen LogP contribution in [0.3, 0.4) is 0 Å². The first-order valence-corrected chi connectivity index (χ1v) is 7.71. The largest absolute Gasteiger partial charge is 0.478 e. The molecular formula is C12H11BrFNO4S. The van der Waals surface area contributed by atoms with Crippen LogP contribution >= 0.6 is 15.9 Å². The summed E-state index contributed by atoms with van der Waals surface area (Å²) in [4.78, 5) is 10.1. The molecule has 5 nitrogen and oxygen atoms in total. The summed E-state index contributed by atoms with van der Waals surface area (Å²) < 4.78 is 40.3. The Labute approximate surface area is 124 Å². The van der Waals surface area contributed by atoms with Gasteiger partial charge in [-0.05, 0) is 18.6 Å². The summed E-state index contributed by atoms with van der Waals surface area (Å²) in [5, 5.41) is 8.85. The highest BCUT2D eigenvalue weighted by atomic mass is 79.9. The number of benzene rings is 1. The Morgan fingerprint density at radius 2 is 2.20 bits per heavy atom. The quantitative estimate of drug-likeness (QED) is 0.783. The fourth-order valence-electron chi connectivity index (χ4n) is 1.40. The van der Waals surface area contributed by atoms with Crippen LogP contribution in [0.15, 0.2) is 21.5 Å². The lowest BCUT2D eigenvalue weighted by Gasteiger charge is -2.13. The van der Waals surface area contributed by atoms with Crippen LogP contribution in [0.1, 0.15) is 23.7 Å². The van der Waals surface area contributed by atoms with Gasteiger partial charge in [0.2, 0.25) is 10.0 Å². The number of terminal acetylenes is 1. The van der Waals surface area contributed by atoms with Crippen molar-refractivity contribution in [2.75, 3.05) is 0 Å². The number of hydrogen-bond donors (Lipinski definition) is 2. The van der Waals surface area contributed by atoms with E-state index in [4.69, 9.17) is 11.5 Å². The molecule has 20 heavy (non-hydrogen) atoms. The van der Waals surface area contributed by atoms with E-state index < -0.39 is 38.3 Å². The highest BCUT2D eigenvalue weighted by Gasteiger charge is 2.26. The van der Waals surface area contributed by atoms with E-state index in [-0.39, 0.29) is 4.47 Å². The van der Waals surface area contributed by atoms with Crippen molar-refractivity contribution in [3.63, 3.8) is 0 Å². The Hall–Kier alpha value is -1.43. The predicted molar refractivity (Wildman–Crippen MR) is 74.3 cm³/mol. The molecule has 1 unspecified atom stereocenters. The SMILES string of the molecule is C#CC(CC)NS(=O)(=O)c1cc(Br)cc(C(=O)O)c1F. The first-order chi connectivity index (χ1) is 9.22. The lowest BCUT2D eigenvalue weighted by Crippen LogP contribution is -2.34. The Bertz CT molecular complexity index is 681. The standard InChI is InChI=1S/C12H11BrFNO4S/c1-3-8(4-2)15-20(18,19)10-6-7(13)5-9(11(10)14)12(16)17/h1,5-6,8,15H,4H2,2H3,(H,16,17).